The highest BCUT2D eigenvalue weighted by Crippen LogP contribution is 2.38. The molecule has 1 heterocycles. The molecule has 0 aliphatic carbocycles. The highest BCUT2D eigenvalue weighted by Gasteiger charge is 2.22. The van der Waals surface area contributed by atoms with Crippen molar-refractivity contribution in [2.24, 2.45) is 0 Å². The van der Waals surface area contributed by atoms with Gasteiger partial charge in [0.1, 0.15) is 6.10 Å². The highest BCUT2D eigenvalue weighted by atomic mass is 35.5. The Kier molecular flexibility index (Phi) is 5.09. The Morgan fingerprint density at radius 3 is 2.69 bits per heavy atom. The van der Waals surface area contributed by atoms with Crippen molar-refractivity contribution in [2.45, 2.75) is 13.0 Å². The second kappa shape index (κ2) is 7.45. The Morgan fingerprint density at radius 1 is 1.31 bits per heavy atom. The number of nitro benzene ring substituents is 1. The maximum atomic E-state index is 12.0. The molecule has 0 amide bonds. The van der Waals surface area contributed by atoms with Gasteiger partial charge in [-0.15, -0.1) is 0 Å². The van der Waals surface area contributed by atoms with E-state index in [1.807, 2.05) is 0 Å². The highest BCUT2D eigenvalue weighted by molar-refractivity contribution is 6.31. The molecule has 134 valence electrons. The van der Waals surface area contributed by atoms with Crippen molar-refractivity contribution < 1.29 is 23.9 Å². The van der Waals surface area contributed by atoms with Gasteiger partial charge in [-0.25, -0.2) is 4.79 Å². The summed E-state index contributed by atoms with van der Waals surface area (Å²) in [6, 6.07) is 9.73. The van der Waals surface area contributed by atoms with E-state index in [9.17, 15) is 14.9 Å². The first-order valence-corrected chi connectivity index (χ1v) is 8.04. The third-order valence-electron chi connectivity index (χ3n) is 3.75. The van der Waals surface area contributed by atoms with Crippen molar-refractivity contribution in [1.82, 2.24) is 0 Å². The van der Waals surface area contributed by atoms with E-state index in [-0.39, 0.29) is 18.0 Å². The first kappa shape index (κ1) is 17.8. The summed E-state index contributed by atoms with van der Waals surface area (Å²) in [6.07, 6.45) is 1.87. The summed E-state index contributed by atoms with van der Waals surface area (Å²) in [7, 11) is 0. The number of esters is 1. The summed E-state index contributed by atoms with van der Waals surface area (Å²) in [6.45, 7) is 1.69. The molecular weight excluding hydrogens is 362 g/mol. The molecule has 7 nitrogen and oxygen atoms in total. The van der Waals surface area contributed by atoms with Crippen LogP contribution in [0.2, 0.25) is 5.02 Å². The smallest absolute Gasteiger partial charge is 0.331 e. The van der Waals surface area contributed by atoms with Crippen LogP contribution in [-0.4, -0.2) is 17.7 Å². The van der Waals surface area contributed by atoms with Gasteiger partial charge in [-0.05, 0) is 25.1 Å². The number of hydrogen-bond donors (Lipinski definition) is 0. The molecule has 0 saturated heterocycles. The van der Waals surface area contributed by atoms with E-state index in [4.69, 9.17) is 25.8 Å². The number of fused-ring (bicyclic) bond motifs is 1. The average molecular weight is 376 g/mol. The molecule has 0 radical (unpaired) electrons. The molecule has 0 bridgehead atoms. The molecular formula is C18H14ClNO6. The molecule has 0 aromatic heterocycles. The Labute approximate surface area is 153 Å². The van der Waals surface area contributed by atoms with E-state index < -0.39 is 17.0 Å². The van der Waals surface area contributed by atoms with Gasteiger partial charge in [0.2, 0.25) is 6.79 Å². The lowest BCUT2D eigenvalue weighted by Gasteiger charge is -2.13. The molecule has 26 heavy (non-hydrogen) atoms. The zero-order valence-corrected chi connectivity index (χ0v) is 14.4. The Morgan fingerprint density at radius 2 is 2.00 bits per heavy atom. The molecule has 0 spiro atoms. The zero-order valence-electron chi connectivity index (χ0n) is 13.7. The minimum absolute atomic E-state index is 0.00293. The first-order valence-electron chi connectivity index (χ1n) is 7.67. The SMILES string of the molecule is C[C@H](OC(=O)/C=C/c1cc2c(cc1[N+](=O)[O-])OCO2)c1ccccc1Cl. The number of carbonyl (C=O) groups excluding carboxylic acids is 1. The fourth-order valence-electron chi connectivity index (χ4n) is 2.48. The van der Waals surface area contributed by atoms with Gasteiger partial charge in [-0.2, -0.15) is 0 Å². The number of halogens is 1. The van der Waals surface area contributed by atoms with Crippen LogP contribution in [0.15, 0.2) is 42.5 Å². The summed E-state index contributed by atoms with van der Waals surface area (Å²) >= 11 is 6.08. The van der Waals surface area contributed by atoms with Crippen LogP contribution in [0, 0.1) is 10.1 Å². The van der Waals surface area contributed by atoms with E-state index >= 15 is 0 Å². The number of rotatable bonds is 5. The molecule has 1 atom stereocenters. The molecule has 1 aliphatic rings. The van der Waals surface area contributed by atoms with Gasteiger partial charge in [0.25, 0.3) is 5.69 Å². The van der Waals surface area contributed by atoms with Crippen LogP contribution in [0.3, 0.4) is 0 Å². The molecule has 2 aromatic carbocycles. The normalized spacial score (nSPS) is 13.6. The van der Waals surface area contributed by atoms with Crippen LogP contribution < -0.4 is 9.47 Å². The Bertz CT molecular complexity index is 895. The molecule has 2 aromatic rings. The van der Waals surface area contributed by atoms with Gasteiger partial charge in [0.15, 0.2) is 11.5 Å². The van der Waals surface area contributed by atoms with E-state index in [1.54, 1.807) is 31.2 Å². The second-order valence-corrected chi connectivity index (χ2v) is 5.86. The summed E-state index contributed by atoms with van der Waals surface area (Å²) in [5.74, 6) is 0.0289. The van der Waals surface area contributed by atoms with Crippen molar-refractivity contribution in [1.29, 1.82) is 0 Å². The predicted molar refractivity (Wildman–Crippen MR) is 94.2 cm³/mol. The quantitative estimate of drug-likeness (QED) is 0.335. The largest absolute Gasteiger partial charge is 0.455 e. The van der Waals surface area contributed by atoms with Crippen molar-refractivity contribution >= 4 is 29.3 Å². The van der Waals surface area contributed by atoms with Crippen molar-refractivity contribution in [3.05, 3.63) is 68.7 Å². The number of benzene rings is 2. The Balaban J connectivity index is 1.76. The number of hydrogen-bond acceptors (Lipinski definition) is 6. The van der Waals surface area contributed by atoms with E-state index in [2.05, 4.69) is 0 Å². The van der Waals surface area contributed by atoms with E-state index in [0.29, 0.717) is 22.1 Å². The van der Waals surface area contributed by atoms with Crippen LogP contribution >= 0.6 is 11.6 Å². The fourth-order valence-corrected chi connectivity index (χ4v) is 2.77. The van der Waals surface area contributed by atoms with Gasteiger partial charge in [0, 0.05) is 16.7 Å². The van der Waals surface area contributed by atoms with Gasteiger partial charge < -0.3 is 14.2 Å². The molecule has 0 unspecified atom stereocenters. The van der Waals surface area contributed by atoms with E-state index in [1.165, 1.54) is 18.2 Å². The topological polar surface area (TPSA) is 87.9 Å². The number of nitrogens with zero attached hydrogens (tertiary/aromatic N) is 1. The zero-order chi connectivity index (χ0) is 18.7. The van der Waals surface area contributed by atoms with Crippen LogP contribution in [-0.2, 0) is 9.53 Å². The Hall–Kier alpha value is -3.06. The second-order valence-electron chi connectivity index (χ2n) is 5.46. The molecule has 0 saturated carbocycles. The molecule has 0 N–H and O–H groups in total. The lowest BCUT2D eigenvalue weighted by Crippen LogP contribution is -2.06. The average Bonchev–Trinajstić information content (AvgIpc) is 3.06. The minimum atomic E-state index is -0.649. The maximum absolute atomic E-state index is 12.0. The third-order valence-corrected chi connectivity index (χ3v) is 4.10. The van der Waals surface area contributed by atoms with Crippen molar-refractivity contribution in [2.75, 3.05) is 6.79 Å². The lowest BCUT2D eigenvalue weighted by atomic mass is 10.1. The fraction of sp³-hybridized carbons (Fsp3) is 0.167. The number of nitro groups is 1. The molecule has 3 rings (SSSR count). The van der Waals surface area contributed by atoms with Gasteiger partial charge in [-0.1, -0.05) is 29.8 Å². The monoisotopic (exact) mass is 375 g/mol. The summed E-state index contributed by atoms with van der Waals surface area (Å²) in [5, 5.41) is 11.7. The maximum Gasteiger partial charge on any atom is 0.331 e. The number of carbonyl (C=O) groups is 1. The van der Waals surface area contributed by atoms with Crippen LogP contribution in [0.25, 0.3) is 6.08 Å². The standard InChI is InChI=1S/C18H14ClNO6/c1-11(13-4-2-3-5-14(13)19)26-18(21)7-6-12-8-16-17(25-10-24-16)9-15(12)20(22)23/h2-9,11H,10H2,1H3/b7-6+/t11-/m0/s1. The summed E-state index contributed by atoms with van der Waals surface area (Å²) in [5.41, 5.74) is 0.684. The number of ether oxygens (including phenoxy) is 3. The summed E-state index contributed by atoms with van der Waals surface area (Å²) in [4.78, 5) is 22.7. The molecule has 0 fully saturated rings. The van der Waals surface area contributed by atoms with Gasteiger partial charge >= 0.3 is 5.97 Å². The van der Waals surface area contributed by atoms with Crippen molar-refractivity contribution in [3.63, 3.8) is 0 Å². The van der Waals surface area contributed by atoms with Crippen LogP contribution in [0.5, 0.6) is 11.5 Å². The van der Waals surface area contributed by atoms with Gasteiger partial charge in [-0.3, -0.25) is 10.1 Å². The predicted octanol–water partition coefficient (Wildman–Crippen LogP) is 4.29. The van der Waals surface area contributed by atoms with Crippen LogP contribution in [0.1, 0.15) is 24.2 Å². The first-order chi connectivity index (χ1) is 12.5. The minimum Gasteiger partial charge on any atom is -0.455 e. The van der Waals surface area contributed by atoms with Gasteiger partial charge in [0.05, 0.1) is 16.6 Å². The van der Waals surface area contributed by atoms with Crippen molar-refractivity contribution in [3.8, 4) is 11.5 Å². The summed E-state index contributed by atoms with van der Waals surface area (Å²) < 4.78 is 15.6. The van der Waals surface area contributed by atoms with E-state index in [0.717, 1.165) is 6.08 Å². The molecule has 8 heteroatoms. The third kappa shape index (κ3) is 3.78. The van der Waals surface area contributed by atoms with Crippen LogP contribution in [0.4, 0.5) is 5.69 Å². The molecule has 1 aliphatic heterocycles. The lowest BCUT2D eigenvalue weighted by molar-refractivity contribution is -0.385.